The van der Waals surface area contributed by atoms with Gasteiger partial charge in [0.1, 0.15) is 0 Å². The number of hydrogen-bond donors (Lipinski definition) is 2. The maximum absolute atomic E-state index is 10.5. The average molecular weight is 200 g/mol. The molecule has 0 amide bonds. The van der Waals surface area contributed by atoms with Crippen molar-refractivity contribution in [3.8, 4) is 0 Å². The Morgan fingerprint density at radius 2 is 2.00 bits per heavy atom. The van der Waals surface area contributed by atoms with E-state index in [1.54, 1.807) is 6.92 Å². The number of aliphatic hydroxyl groups is 1. The molecule has 0 aliphatic rings. The van der Waals surface area contributed by atoms with E-state index >= 15 is 0 Å². The van der Waals surface area contributed by atoms with Crippen molar-refractivity contribution in [2.24, 2.45) is 5.92 Å². The maximum Gasteiger partial charge on any atom is 0.306 e. The number of rotatable bonds is 7. The van der Waals surface area contributed by atoms with Crippen molar-refractivity contribution in [2.75, 3.05) is 0 Å². The van der Waals surface area contributed by atoms with Gasteiger partial charge < -0.3 is 10.2 Å². The van der Waals surface area contributed by atoms with Gasteiger partial charge >= 0.3 is 5.97 Å². The maximum atomic E-state index is 10.5. The highest BCUT2D eigenvalue weighted by atomic mass is 16.4. The van der Waals surface area contributed by atoms with Crippen LogP contribution in [0, 0.1) is 5.92 Å². The largest absolute Gasteiger partial charge is 0.481 e. The van der Waals surface area contributed by atoms with Crippen LogP contribution in [0.2, 0.25) is 0 Å². The molecule has 0 heterocycles. The fourth-order valence-corrected chi connectivity index (χ4v) is 1.10. The summed E-state index contributed by atoms with van der Waals surface area (Å²) in [5.74, 6) is -1.15. The first kappa shape index (κ1) is 13.2. The molecule has 0 aromatic rings. The minimum atomic E-state index is -0.790. The first-order valence-corrected chi connectivity index (χ1v) is 5.13. The third-order valence-corrected chi connectivity index (χ3v) is 2.17. The molecule has 0 radical (unpaired) electrons. The lowest BCUT2D eigenvalue weighted by molar-refractivity contribution is -0.141. The second kappa shape index (κ2) is 7.56. The highest BCUT2D eigenvalue weighted by molar-refractivity contribution is 5.69. The summed E-state index contributed by atoms with van der Waals surface area (Å²) >= 11 is 0. The molecule has 3 heteroatoms. The highest BCUT2D eigenvalue weighted by Gasteiger charge is 2.12. The Hall–Kier alpha value is -0.830. The zero-order valence-electron chi connectivity index (χ0n) is 8.94. The van der Waals surface area contributed by atoms with Crippen molar-refractivity contribution in [1.29, 1.82) is 0 Å². The second-order valence-corrected chi connectivity index (χ2v) is 3.59. The summed E-state index contributed by atoms with van der Waals surface area (Å²) in [7, 11) is 0. The molecular formula is C11H20O3. The van der Waals surface area contributed by atoms with Gasteiger partial charge in [0.2, 0.25) is 0 Å². The topological polar surface area (TPSA) is 57.5 Å². The zero-order chi connectivity index (χ0) is 11.0. The molecular weight excluding hydrogens is 180 g/mol. The summed E-state index contributed by atoms with van der Waals surface area (Å²) in [4.78, 5) is 10.5. The molecule has 2 unspecified atom stereocenters. The van der Waals surface area contributed by atoms with Crippen LogP contribution < -0.4 is 0 Å². The quantitative estimate of drug-likeness (QED) is 0.619. The van der Waals surface area contributed by atoms with Crippen molar-refractivity contribution in [3.05, 3.63) is 12.2 Å². The van der Waals surface area contributed by atoms with Crippen LogP contribution in [-0.2, 0) is 4.79 Å². The molecule has 0 aliphatic carbocycles. The fraction of sp³-hybridized carbons (Fsp3) is 0.727. The third-order valence-electron chi connectivity index (χ3n) is 2.17. The van der Waals surface area contributed by atoms with E-state index < -0.39 is 12.1 Å². The first-order chi connectivity index (χ1) is 6.57. The summed E-state index contributed by atoms with van der Waals surface area (Å²) in [6.45, 7) is 3.70. The van der Waals surface area contributed by atoms with Gasteiger partial charge in [0.15, 0.2) is 0 Å². The molecule has 0 aromatic carbocycles. The van der Waals surface area contributed by atoms with Gasteiger partial charge in [0.05, 0.1) is 12.0 Å². The van der Waals surface area contributed by atoms with Crippen LogP contribution in [-0.4, -0.2) is 22.3 Å². The molecule has 82 valence electrons. The number of carbonyl (C=O) groups is 1. The van der Waals surface area contributed by atoms with Crippen molar-refractivity contribution in [2.45, 2.75) is 45.6 Å². The Morgan fingerprint density at radius 3 is 2.50 bits per heavy atom. The van der Waals surface area contributed by atoms with Gasteiger partial charge in [0, 0.05) is 0 Å². The molecule has 14 heavy (non-hydrogen) atoms. The van der Waals surface area contributed by atoms with Crippen LogP contribution in [0.3, 0.4) is 0 Å². The van der Waals surface area contributed by atoms with Gasteiger partial charge in [-0.2, -0.15) is 0 Å². The van der Waals surface area contributed by atoms with Crippen molar-refractivity contribution < 1.29 is 15.0 Å². The summed E-state index contributed by atoms with van der Waals surface area (Å²) in [5.41, 5.74) is 0. The second-order valence-electron chi connectivity index (χ2n) is 3.59. The molecule has 0 saturated heterocycles. The lowest BCUT2D eigenvalue weighted by Gasteiger charge is -2.09. The number of hydrogen-bond acceptors (Lipinski definition) is 2. The van der Waals surface area contributed by atoms with Crippen LogP contribution >= 0.6 is 0 Å². The summed E-state index contributed by atoms with van der Waals surface area (Å²) in [6.07, 6.45) is 6.23. The van der Waals surface area contributed by atoms with Gasteiger partial charge in [-0.15, -0.1) is 0 Å². The Labute approximate surface area is 85.4 Å². The number of allylic oxidation sites excluding steroid dienone is 1. The van der Waals surface area contributed by atoms with E-state index in [0.29, 0.717) is 19.3 Å². The molecule has 2 N–H and O–H groups in total. The minimum Gasteiger partial charge on any atom is -0.481 e. The minimum absolute atomic E-state index is 0.361. The van der Waals surface area contributed by atoms with Crippen LogP contribution in [0.15, 0.2) is 12.2 Å². The number of aliphatic hydroxyl groups excluding tert-OH is 1. The Bertz CT molecular complexity index is 187. The summed E-state index contributed by atoms with van der Waals surface area (Å²) in [5, 5.41) is 18.1. The summed E-state index contributed by atoms with van der Waals surface area (Å²) in [6, 6.07) is 0. The molecule has 0 fully saturated rings. The van der Waals surface area contributed by atoms with E-state index in [1.807, 2.05) is 19.1 Å². The molecule has 0 rings (SSSR count). The van der Waals surface area contributed by atoms with Crippen LogP contribution in [0.1, 0.15) is 39.5 Å². The monoisotopic (exact) mass is 200 g/mol. The fourth-order valence-electron chi connectivity index (χ4n) is 1.10. The van der Waals surface area contributed by atoms with Crippen molar-refractivity contribution in [1.82, 2.24) is 0 Å². The highest BCUT2D eigenvalue weighted by Crippen LogP contribution is 2.10. The normalized spacial score (nSPS) is 15.6. The van der Waals surface area contributed by atoms with Gasteiger partial charge in [0.25, 0.3) is 0 Å². The van der Waals surface area contributed by atoms with Gasteiger partial charge in [-0.1, -0.05) is 26.0 Å². The van der Waals surface area contributed by atoms with Crippen molar-refractivity contribution in [3.63, 3.8) is 0 Å². The zero-order valence-corrected chi connectivity index (χ0v) is 8.94. The molecule has 0 bridgehead atoms. The van der Waals surface area contributed by atoms with E-state index in [-0.39, 0.29) is 5.92 Å². The predicted octanol–water partition coefficient (Wildman–Crippen LogP) is 2.20. The Kier molecular flexibility index (Phi) is 7.11. The lowest BCUT2D eigenvalue weighted by atomic mass is 10.0. The number of carboxylic acid groups (broad SMARTS) is 1. The standard InChI is InChI=1S/C11H20O3/c1-3-4-5-6-10(12)8-7-9(2)11(13)14/h4-5,9-10,12H,3,6-8H2,1-2H3,(H,13,14)/b5-4-. The average Bonchev–Trinajstić information content (AvgIpc) is 2.14. The first-order valence-electron chi connectivity index (χ1n) is 5.13. The van der Waals surface area contributed by atoms with E-state index in [2.05, 4.69) is 0 Å². The molecule has 0 aliphatic heterocycles. The van der Waals surface area contributed by atoms with Crippen molar-refractivity contribution >= 4 is 5.97 Å². The van der Waals surface area contributed by atoms with Crippen LogP contribution in [0.5, 0.6) is 0 Å². The smallest absolute Gasteiger partial charge is 0.306 e. The molecule has 2 atom stereocenters. The number of aliphatic carboxylic acids is 1. The Balaban J connectivity index is 3.58. The number of carboxylic acids is 1. The van der Waals surface area contributed by atoms with Gasteiger partial charge in [-0.05, 0) is 25.7 Å². The Morgan fingerprint density at radius 1 is 1.36 bits per heavy atom. The predicted molar refractivity (Wildman–Crippen MR) is 56.1 cm³/mol. The van der Waals surface area contributed by atoms with Gasteiger partial charge in [-0.25, -0.2) is 0 Å². The van der Waals surface area contributed by atoms with E-state index in [4.69, 9.17) is 5.11 Å². The molecule has 0 aromatic heterocycles. The van der Waals surface area contributed by atoms with Crippen LogP contribution in [0.25, 0.3) is 0 Å². The molecule has 0 spiro atoms. The lowest BCUT2D eigenvalue weighted by Crippen LogP contribution is -2.13. The third kappa shape index (κ3) is 6.66. The molecule has 3 nitrogen and oxygen atoms in total. The summed E-state index contributed by atoms with van der Waals surface area (Å²) < 4.78 is 0. The van der Waals surface area contributed by atoms with E-state index in [1.165, 1.54) is 0 Å². The van der Waals surface area contributed by atoms with Gasteiger partial charge in [-0.3, -0.25) is 4.79 Å². The SMILES string of the molecule is CC/C=C\CC(O)CCC(C)C(=O)O. The molecule has 0 saturated carbocycles. The van der Waals surface area contributed by atoms with Crippen LogP contribution in [0.4, 0.5) is 0 Å². The van der Waals surface area contributed by atoms with E-state index in [9.17, 15) is 9.90 Å². The van der Waals surface area contributed by atoms with E-state index in [0.717, 1.165) is 6.42 Å².